The van der Waals surface area contributed by atoms with Crippen LogP contribution in [0.15, 0.2) is 42.0 Å². The van der Waals surface area contributed by atoms with Crippen LogP contribution in [0.3, 0.4) is 0 Å². The number of amides is 1. The summed E-state index contributed by atoms with van der Waals surface area (Å²) in [6, 6.07) is 9.88. The van der Waals surface area contributed by atoms with Gasteiger partial charge < -0.3 is 5.32 Å². The minimum atomic E-state index is 0.113. The molecular formula is C28H39NO2. The van der Waals surface area contributed by atoms with E-state index in [1.165, 1.54) is 24.8 Å². The van der Waals surface area contributed by atoms with Crippen LogP contribution in [0.2, 0.25) is 0 Å². The SMILES string of the molecule is CC.C[C@]12CCC(=O)C=C1CCC1C2CC[C@@]2(C)C1CC[C@@H]2C(=O)Nc1ccccc1. The van der Waals surface area contributed by atoms with Crippen molar-refractivity contribution >= 4 is 17.4 Å². The summed E-state index contributed by atoms with van der Waals surface area (Å²) < 4.78 is 0. The number of carbonyl (C=O) groups is 2. The fraction of sp³-hybridized carbons (Fsp3) is 0.643. The third kappa shape index (κ3) is 3.68. The number of anilines is 1. The predicted octanol–water partition coefficient (Wildman–Crippen LogP) is 6.80. The summed E-state index contributed by atoms with van der Waals surface area (Å²) in [5, 5.41) is 3.19. The van der Waals surface area contributed by atoms with Crippen LogP contribution >= 0.6 is 0 Å². The molecule has 31 heavy (non-hydrogen) atoms. The van der Waals surface area contributed by atoms with Crippen LogP contribution in [0.4, 0.5) is 5.69 Å². The molecule has 1 aromatic rings. The second-order valence-electron chi connectivity index (χ2n) is 10.5. The van der Waals surface area contributed by atoms with Crippen molar-refractivity contribution in [2.24, 2.45) is 34.5 Å². The van der Waals surface area contributed by atoms with Gasteiger partial charge in [-0.3, -0.25) is 9.59 Å². The number of hydrogen-bond donors (Lipinski definition) is 1. The monoisotopic (exact) mass is 421 g/mol. The van der Waals surface area contributed by atoms with Gasteiger partial charge in [0.15, 0.2) is 5.78 Å². The van der Waals surface area contributed by atoms with Crippen molar-refractivity contribution in [3.05, 3.63) is 42.0 Å². The minimum Gasteiger partial charge on any atom is -0.326 e. The number of hydrogen-bond acceptors (Lipinski definition) is 2. The van der Waals surface area contributed by atoms with Crippen molar-refractivity contribution in [1.29, 1.82) is 0 Å². The first-order chi connectivity index (χ1) is 14.9. The van der Waals surface area contributed by atoms with Gasteiger partial charge in [0.05, 0.1) is 0 Å². The predicted molar refractivity (Wildman–Crippen MR) is 127 cm³/mol. The fourth-order valence-corrected chi connectivity index (χ4v) is 7.74. The Bertz CT molecular complexity index is 859. The molecule has 3 fully saturated rings. The highest BCUT2D eigenvalue weighted by atomic mass is 16.2. The van der Waals surface area contributed by atoms with Gasteiger partial charge in [-0.15, -0.1) is 0 Å². The van der Waals surface area contributed by atoms with Crippen LogP contribution in [0.1, 0.15) is 79.1 Å². The van der Waals surface area contributed by atoms with Crippen LogP contribution in [0.5, 0.6) is 0 Å². The third-order valence-corrected chi connectivity index (χ3v) is 9.32. The average Bonchev–Trinajstić information content (AvgIpc) is 3.14. The number of nitrogens with one attached hydrogen (secondary N) is 1. The van der Waals surface area contributed by atoms with Crippen molar-refractivity contribution in [3.8, 4) is 0 Å². The molecule has 6 atom stereocenters. The smallest absolute Gasteiger partial charge is 0.228 e. The van der Waals surface area contributed by atoms with Crippen molar-refractivity contribution in [2.75, 3.05) is 5.32 Å². The van der Waals surface area contributed by atoms with Gasteiger partial charge in [0.2, 0.25) is 5.91 Å². The molecule has 4 aliphatic rings. The largest absolute Gasteiger partial charge is 0.326 e. The van der Waals surface area contributed by atoms with Crippen LogP contribution < -0.4 is 5.32 Å². The molecule has 0 bridgehead atoms. The molecule has 0 radical (unpaired) electrons. The number of allylic oxidation sites excluding steroid dienone is 1. The maximum absolute atomic E-state index is 13.2. The van der Waals surface area contributed by atoms with Gasteiger partial charge in [0.1, 0.15) is 0 Å². The molecule has 0 heterocycles. The third-order valence-electron chi connectivity index (χ3n) is 9.32. The summed E-state index contributed by atoms with van der Waals surface area (Å²) in [6.07, 6.45) is 10.5. The van der Waals surface area contributed by atoms with E-state index in [4.69, 9.17) is 0 Å². The standard InChI is InChI=1S/C26H33NO2.C2H6/c1-25-14-12-19(28)16-17(25)8-9-20-21-10-11-23(26(21,2)15-13-22(20)25)24(29)27-18-6-4-3-5-7-18;1-2/h3-7,16,20-23H,8-15H2,1-2H3,(H,27,29);1-2H3/t20?,21?,22?,23-,25+,26+;/m1./s1. The molecule has 3 unspecified atom stereocenters. The van der Waals surface area contributed by atoms with Crippen molar-refractivity contribution < 1.29 is 9.59 Å². The summed E-state index contributed by atoms with van der Waals surface area (Å²) >= 11 is 0. The Morgan fingerprint density at radius 2 is 1.68 bits per heavy atom. The number of benzene rings is 1. The van der Waals surface area contributed by atoms with E-state index in [0.29, 0.717) is 30.0 Å². The highest BCUT2D eigenvalue weighted by Crippen LogP contribution is 2.66. The normalized spacial score (nSPS) is 38.6. The fourth-order valence-electron chi connectivity index (χ4n) is 7.74. The van der Waals surface area contributed by atoms with Crippen molar-refractivity contribution in [1.82, 2.24) is 0 Å². The molecule has 0 aliphatic heterocycles. The Morgan fingerprint density at radius 3 is 2.42 bits per heavy atom. The van der Waals surface area contributed by atoms with Gasteiger partial charge in [0.25, 0.3) is 0 Å². The Hall–Kier alpha value is -1.90. The van der Waals surface area contributed by atoms with Crippen molar-refractivity contribution in [2.45, 2.75) is 79.1 Å². The van der Waals surface area contributed by atoms with Gasteiger partial charge in [-0.25, -0.2) is 0 Å². The van der Waals surface area contributed by atoms with Crippen LogP contribution in [-0.4, -0.2) is 11.7 Å². The molecule has 1 aromatic carbocycles. The van der Waals surface area contributed by atoms with Crippen LogP contribution in [-0.2, 0) is 9.59 Å². The summed E-state index contributed by atoms with van der Waals surface area (Å²) in [5.74, 6) is 2.69. The lowest BCUT2D eigenvalue weighted by molar-refractivity contribution is -0.127. The lowest BCUT2D eigenvalue weighted by Crippen LogP contribution is -2.51. The molecule has 3 nitrogen and oxygen atoms in total. The highest BCUT2D eigenvalue weighted by Gasteiger charge is 2.60. The summed E-state index contributed by atoms with van der Waals surface area (Å²) in [4.78, 5) is 25.2. The molecule has 3 heteroatoms. The number of ketones is 1. The lowest BCUT2D eigenvalue weighted by Gasteiger charge is -2.58. The van der Waals surface area contributed by atoms with E-state index in [1.54, 1.807) is 0 Å². The Kier molecular flexibility index (Phi) is 6.16. The lowest BCUT2D eigenvalue weighted by atomic mass is 9.47. The Morgan fingerprint density at radius 1 is 0.935 bits per heavy atom. The maximum atomic E-state index is 13.2. The van der Waals surface area contributed by atoms with Gasteiger partial charge in [0, 0.05) is 18.0 Å². The van der Waals surface area contributed by atoms with Gasteiger partial charge in [-0.1, -0.05) is 51.5 Å². The number of rotatable bonds is 2. The molecule has 5 rings (SSSR count). The summed E-state index contributed by atoms with van der Waals surface area (Å²) in [7, 11) is 0. The number of carbonyl (C=O) groups excluding carboxylic acids is 2. The van der Waals surface area contributed by atoms with Gasteiger partial charge in [-0.2, -0.15) is 0 Å². The average molecular weight is 422 g/mol. The molecule has 3 saturated carbocycles. The van der Waals surface area contributed by atoms with Crippen LogP contribution in [0.25, 0.3) is 0 Å². The Labute approximate surface area is 188 Å². The first kappa shape index (κ1) is 22.3. The van der Waals surface area contributed by atoms with E-state index in [-0.39, 0.29) is 22.7 Å². The molecule has 1 N–H and O–H groups in total. The molecule has 4 aliphatic carbocycles. The highest BCUT2D eigenvalue weighted by molar-refractivity contribution is 5.93. The van der Waals surface area contributed by atoms with E-state index >= 15 is 0 Å². The van der Waals surface area contributed by atoms with E-state index in [0.717, 1.165) is 31.4 Å². The first-order valence-corrected chi connectivity index (χ1v) is 12.5. The summed E-state index contributed by atoms with van der Waals surface area (Å²) in [5.41, 5.74) is 2.66. The van der Waals surface area contributed by atoms with Gasteiger partial charge in [-0.05, 0) is 91.7 Å². The zero-order chi connectivity index (χ0) is 22.2. The van der Waals surface area contributed by atoms with E-state index in [9.17, 15) is 9.59 Å². The zero-order valence-corrected chi connectivity index (χ0v) is 19.7. The second-order valence-corrected chi connectivity index (χ2v) is 10.5. The molecular weight excluding hydrogens is 382 g/mol. The quantitative estimate of drug-likeness (QED) is 0.571. The molecule has 1 amide bonds. The second kappa shape index (κ2) is 8.56. The molecule has 0 spiro atoms. The van der Waals surface area contributed by atoms with E-state index in [2.05, 4.69) is 19.2 Å². The topological polar surface area (TPSA) is 46.2 Å². The Balaban J connectivity index is 0.00000112. The molecule has 168 valence electrons. The summed E-state index contributed by atoms with van der Waals surface area (Å²) in [6.45, 7) is 8.83. The zero-order valence-electron chi connectivity index (χ0n) is 19.7. The minimum absolute atomic E-state index is 0.113. The first-order valence-electron chi connectivity index (χ1n) is 12.5. The number of para-hydroxylation sites is 1. The number of fused-ring (bicyclic) bond motifs is 5. The molecule has 0 saturated heterocycles. The molecule has 0 aromatic heterocycles. The maximum Gasteiger partial charge on any atom is 0.228 e. The van der Waals surface area contributed by atoms with E-state index < -0.39 is 0 Å². The van der Waals surface area contributed by atoms with E-state index in [1.807, 2.05) is 50.3 Å². The van der Waals surface area contributed by atoms with Crippen molar-refractivity contribution in [3.63, 3.8) is 0 Å². The van der Waals surface area contributed by atoms with Crippen LogP contribution in [0, 0.1) is 34.5 Å². The van der Waals surface area contributed by atoms with Gasteiger partial charge >= 0.3 is 0 Å².